The lowest BCUT2D eigenvalue weighted by molar-refractivity contribution is -0.138. The third-order valence-electron chi connectivity index (χ3n) is 21.2. The van der Waals surface area contributed by atoms with E-state index in [9.17, 15) is 57.8 Å². The van der Waals surface area contributed by atoms with Gasteiger partial charge in [0.2, 0.25) is 88.6 Å². The fraction of sp³-hybridized carbons (Fsp3) is 0.523. The zero-order chi connectivity index (χ0) is 94.4. The van der Waals surface area contributed by atoms with Crippen LogP contribution in [0, 0.1) is 6.92 Å². The Hall–Kier alpha value is -11.9. The van der Waals surface area contributed by atoms with Gasteiger partial charge < -0.3 is 118 Å². The molecule has 4 aromatic carbocycles. The number of benzene rings is 4. The number of carbonyl (C=O) groups is 17. The number of carbonyl (C=O) groups excluding carboxylic acids is 17. The quantitative estimate of drug-likeness (QED) is 0.0168. The second kappa shape index (κ2) is 48.1. The van der Waals surface area contributed by atoms with Gasteiger partial charge in [0, 0.05) is 85.8 Å². The van der Waals surface area contributed by atoms with Crippen molar-refractivity contribution in [2.24, 2.45) is 28.7 Å². The normalized spacial score (nSPS) is 19.3. The van der Waals surface area contributed by atoms with E-state index in [4.69, 9.17) is 33.4 Å². The number of aliphatic hydroxyl groups is 1. The number of urea groups is 1. The molecule has 0 bridgehead atoms. The van der Waals surface area contributed by atoms with E-state index in [-0.39, 0.29) is 96.5 Å². The molecule has 694 valence electrons. The Labute approximate surface area is 744 Å². The van der Waals surface area contributed by atoms with Gasteiger partial charge in [0.25, 0.3) is 0 Å². The summed E-state index contributed by atoms with van der Waals surface area (Å²) in [5.74, 6) is -14.9. The van der Waals surface area contributed by atoms with Crippen LogP contribution in [0.1, 0.15) is 163 Å². The number of aromatic amines is 1. The van der Waals surface area contributed by atoms with Crippen molar-refractivity contribution >= 4 is 144 Å². The molecule has 1 aliphatic rings. The Balaban J connectivity index is 1.54. The fourth-order valence-electron chi connectivity index (χ4n) is 13.9. The Morgan fingerprint density at radius 1 is 0.583 bits per heavy atom. The van der Waals surface area contributed by atoms with Crippen LogP contribution in [0.5, 0.6) is 5.75 Å². The molecule has 41 heteroatoms. The number of ketones is 1. The first-order valence-electron chi connectivity index (χ1n) is 41.9. The highest BCUT2D eigenvalue weighted by Gasteiger charge is 2.47. The highest BCUT2D eigenvalue weighted by molar-refractivity contribution is 8.77. The third kappa shape index (κ3) is 32.1. The smallest absolute Gasteiger partial charge is 0.312 e. The van der Waals surface area contributed by atoms with Crippen molar-refractivity contribution in [2.75, 3.05) is 32.8 Å². The standard InChI is InChI=1S/C86H124N20O19S2/c1-46-21-19-24-57-55(45-94-66(46)57)43-63-73(115)96-58(26-20-37-93-82(91)124)71(113)104-69(85(10,11)127-126-84(8,9)68(95-50(5)110)78(120)101-64(44-65(89)111)74(116)103-67(48(3)108)77(119)99-63)79(121)100-61(41-51-28-31-56(32-29-51)125-38-35-88)72(114)98-62(42-52-27-30-53-22-13-14-23-54(53)40-52)76(118)106-86(12,33-16-17-34-87)81(123)102-59(25-15-18-36-92-49(4)109)70(112)97-60(39-47(2)107)75(117)105-83(6,7)80(90)122/h13-14,19,21-24,27-32,40,45,48,58-64,67-69,94,108H,15-18,20,25-26,33-39,41-44,87-88H2,1-12H3,(H2,89,111)(H2,90,122)(H,92,109)(H,95,110)(H,96,115)(H,97,112)(H,98,114)(H,99,119)(H,100,121)(H,101,120)(H,102,123)(H,103,116)(H,104,113)(H,105,117)(H,106,118)(H3,91,93,124)/t48-,58+,59+,60+,61+,62+,63+,64+,67+,68-,69-,86?/m1/s1. The molecule has 5 aromatic rings. The lowest BCUT2D eigenvalue weighted by Crippen LogP contribution is -2.65. The maximum atomic E-state index is 16.3. The minimum atomic E-state index is -2.01. The number of primary amides is 3. The average Bonchev–Trinajstić information content (AvgIpc) is 1.61. The van der Waals surface area contributed by atoms with E-state index in [1.165, 1.54) is 62.3 Å². The van der Waals surface area contributed by atoms with Crippen molar-refractivity contribution in [1.29, 1.82) is 0 Å². The number of hydrogen-bond acceptors (Lipinski definition) is 23. The van der Waals surface area contributed by atoms with Crippen molar-refractivity contribution in [3.05, 3.63) is 113 Å². The van der Waals surface area contributed by atoms with Crippen LogP contribution in [0.3, 0.4) is 0 Å². The molecule has 0 aliphatic carbocycles. The van der Waals surface area contributed by atoms with Crippen LogP contribution in [0.25, 0.3) is 21.7 Å². The molecule has 17 amide bonds. The summed E-state index contributed by atoms with van der Waals surface area (Å²) in [4.78, 5) is 246. The average molecular weight is 1810 g/mol. The molecule has 1 saturated heterocycles. The molecule has 39 nitrogen and oxygen atoms in total. The van der Waals surface area contributed by atoms with Crippen LogP contribution in [-0.4, -0.2) is 230 Å². The van der Waals surface area contributed by atoms with E-state index >= 15 is 28.8 Å². The summed E-state index contributed by atoms with van der Waals surface area (Å²) in [7, 11) is 1.78. The highest BCUT2D eigenvalue weighted by Crippen LogP contribution is 2.47. The number of fused-ring (bicyclic) bond motifs is 2. The first-order chi connectivity index (χ1) is 59.7. The van der Waals surface area contributed by atoms with Crippen LogP contribution >= 0.6 is 21.6 Å². The molecule has 6 rings (SSSR count). The van der Waals surface area contributed by atoms with Crippen molar-refractivity contribution in [1.82, 2.24) is 79.4 Å². The van der Waals surface area contributed by atoms with Crippen LogP contribution in [-0.2, 0) is 96.0 Å². The second-order valence-electron chi connectivity index (χ2n) is 33.5. The first kappa shape index (κ1) is 104. The Morgan fingerprint density at radius 3 is 1.81 bits per heavy atom. The summed E-state index contributed by atoms with van der Waals surface area (Å²) in [6.45, 7) is 17.0. The summed E-state index contributed by atoms with van der Waals surface area (Å²) < 4.78 is 2.54. The maximum Gasteiger partial charge on any atom is 0.312 e. The largest absolute Gasteiger partial charge is 0.492 e. The molecule has 127 heavy (non-hydrogen) atoms. The Morgan fingerprint density at radius 2 is 1.18 bits per heavy atom. The summed E-state index contributed by atoms with van der Waals surface area (Å²) in [5.41, 5.74) is 27.6. The number of Topliss-reactive ketones (excluding diaryl/α,β-unsaturated/α-hetero) is 1. The van der Waals surface area contributed by atoms with E-state index < -0.39 is 201 Å². The summed E-state index contributed by atoms with van der Waals surface area (Å²) in [6.07, 6.45) is -2.48. The summed E-state index contributed by atoms with van der Waals surface area (Å²) in [6, 6.07) is 5.94. The van der Waals surface area contributed by atoms with Gasteiger partial charge in [-0.1, -0.05) is 94.4 Å². The lowest BCUT2D eigenvalue weighted by Gasteiger charge is -2.39. The summed E-state index contributed by atoms with van der Waals surface area (Å²) >= 11 is 0. The predicted molar refractivity (Wildman–Crippen MR) is 478 cm³/mol. The van der Waals surface area contributed by atoms with E-state index in [0.717, 1.165) is 51.8 Å². The zero-order valence-electron chi connectivity index (χ0n) is 73.7. The molecular weight excluding hydrogens is 1680 g/mol. The first-order valence-corrected chi connectivity index (χ1v) is 44.0. The number of nitrogens with one attached hydrogen (secondary N) is 15. The number of nitrogens with two attached hydrogens (primary N) is 5. The highest BCUT2D eigenvalue weighted by atomic mass is 33.1. The zero-order valence-corrected chi connectivity index (χ0v) is 75.4. The number of amides is 17. The number of para-hydroxylation sites is 1. The van der Waals surface area contributed by atoms with Gasteiger partial charge in [0.1, 0.15) is 89.6 Å². The molecule has 1 aromatic heterocycles. The topological polar surface area (TPSA) is 634 Å². The molecule has 1 fully saturated rings. The monoisotopic (exact) mass is 1800 g/mol. The molecule has 1 aliphatic heterocycles. The molecule has 0 spiro atoms. The molecule has 0 radical (unpaired) electrons. The van der Waals surface area contributed by atoms with Crippen LogP contribution in [0.2, 0.25) is 0 Å². The SMILES string of the molecule is CC(=O)C[C@H](NC(=O)[C@H](CCCCNC(C)=O)NC(=O)C(C)(CCCCN)NC(=O)[C@H](Cc1ccc2ccccc2c1)NC(=O)[C@H](Cc1ccc(OCCN)cc1)NC(=O)[C@H]1NC(=O)[C@H](CCCNC(N)=O)NC(=O)[C@H](Cc2c[nH]c3c(C)cccc23)NC(=O)[C@H]([C@@H](C)O)NC(=O)[C@H](CC(N)=O)NC(=O)[C@@H](NC(C)=O)C(C)(C)SSC1(C)C)C(=O)NC(C)(C)C(N)=O. The third-order valence-corrected chi connectivity index (χ3v) is 25.4. The van der Waals surface area contributed by atoms with E-state index in [1.807, 2.05) is 31.2 Å². The van der Waals surface area contributed by atoms with Crippen molar-refractivity contribution in [3.8, 4) is 5.75 Å². The minimum Gasteiger partial charge on any atom is -0.492 e. The van der Waals surface area contributed by atoms with Crippen molar-refractivity contribution < 1.29 is 91.4 Å². The second-order valence-corrected chi connectivity index (χ2v) is 36.9. The molecule has 2 heterocycles. The van der Waals surface area contributed by atoms with Crippen LogP contribution in [0.4, 0.5) is 4.79 Å². The van der Waals surface area contributed by atoms with Gasteiger partial charge >= 0.3 is 6.03 Å². The molecule has 1 unspecified atom stereocenters. The number of aromatic nitrogens is 1. The van der Waals surface area contributed by atoms with E-state index in [1.54, 1.807) is 66.9 Å². The minimum absolute atomic E-state index is 0.0939. The van der Waals surface area contributed by atoms with Crippen molar-refractivity contribution in [2.45, 2.75) is 254 Å². The van der Waals surface area contributed by atoms with Gasteiger partial charge in [-0.2, -0.15) is 0 Å². The van der Waals surface area contributed by atoms with Crippen molar-refractivity contribution in [3.63, 3.8) is 0 Å². The predicted octanol–water partition coefficient (Wildman–Crippen LogP) is -0.811. The number of aliphatic hydroxyl groups excluding tert-OH is 1. The Kier molecular flexibility index (Phi) is 39.3. The number of rotatable bonds is 41. The maximum absolute atomic E-state index is 16.3. The fourth-order valence-corrected chi connectivity index (χ4v) is 16.7. The van der Waals surface area contributed by atoms with E-state index in [2.05, 4.69) is 79.4 Å². The van der Waals surface area contributed by atoms with E-state index in [0.29, 0.717) is 39.8 Å². The number of aryl methyl sites for hydroxylation is 1. The number of unbranched alkanes of at least 4 members (excludes halogenated alkanes) is 2. The van der Waals surface area contributed by atoms with Gasteiger partial charge in [0.05, 0.1) is 12.5 Å². The van der Waals surface area contributed by atoms with Gasteiger partial charge in [-0.15, -0.1) is 0 Å². The summed E-state index contributed by atoms with van der Waals surface area (Å²) in [5, 5.41) is 50.4. The molecule has 12 atom stereocenters. The van der Waals surface area contributed by atoms with Gasteiger partial charge in [-0.25, -0.2) is 4.79 Å². The number of H-pyrrole nitrogens is 1. The van der Waals surface area contributed by atoms with Gasteiger partial charge in [0.15, 0.2) is 0 Å². The van der Waals surface area contributed by atoms with Crippen LogP contribution < -0.4 is 108 Å². The Bertz CT molecular complexity index is 4790. The number of ether oxygens (including phenoxy) is 1. The number of hydrogen-bond donors (Lipinski definition) is 21. The molecule has 0 saturated carbocycles. The van der Waals surface area contributed by atoms with Crippen LogP contribution in [0.15, 0.2) is 91.1 Å². The lowest BCUT2D eigenvalue weighted by atomic mass is 9.91. The molecule has 26 N–H and O–H groups in total. The molecular formula is C86H124N20O19S2. The van der Waals surface area contributed by atoms with Gasteiger partial charge in [-0.05, 0) is 172 Å². The van der Waals surface area contributed by atoms with Gasteiger partial charge in [-0.3, -0.25) is 76.7 Å².